The zero-order valence-corrected chi connectivity index (χ0v) is 11.6. The van der Waals surface area contributed by atoms with Crippen LogP contribution in [0.2, 0.25) is 0 Å². The minimum Gasteiger partial charge on any atom is -0.224 e. The maximum Gasteiger partial charge on any atom is 0.242 e. The van der Waals surface area contributed by atoms with E-state index in [-0.39, 0.29) is 0 Å². The fraction of sp³-hybridized carbons (Fsp3) is 0.182. The summed E-state index contributed by atoms with van der Waals surface area (Å²) in [6.07, 6.45) is 1.19. The first-order valence-corrected chi connectivity index (χ1v) is 8.57. The predicted molar refractivity (Wildman–Crippen MR) is 68.2 cm³/mol. The molecule has 1 aromatic rings. The van der Waals surface area contributed by atoms with E-state index in [9.17, 15) is 21.2 Å². The Labute approximate surface area is 115 Å². The number of sulfonamides is 1. The fourth-order valence-electron chi connectivity index (χ4n) is 1.75. The minimum absolute atomic E-state index is 0.399. The second kappa shape index (κ2) is 4.97. The summed E-state index contributed by atoms with van der Waals surface area (Å²) in [5.41, 5.74) is -0.607. The van der Waals surface area contributed by atoms with Gasteiger partial charge in [0.2, 0.25) is 10.0 Å². The summed E-state index contributed by atoms with van der Waals surface area (Å²) in [5.74, 6) is -1.35. The van der Waals surface area contributed by atoms with E-state index in [1.807, 2.05) is 0 Å². The molecule has 1 aliphatic heterocycles. The van der Waals surface area contributed by atoms with Gasteiger partial charge >= 0.3 is 0 Å². The number of benzene rings is 1. The number of nitriles is 1. The molecule has 1 unspecified atom stereocenters. The summed E-state index contributed by atoms with van der Waals surface area (Å²) in [4.78, 5) is -0.516. The molecule has 6 nitrogen and oxygen atoms in total. The quantitative estimate of drug-likeness (QED) is 0.863. The largest absolute Gasteiger partial charge is 0.242 e. The van der Waals surface area contributed by atoms with E-state index in [1.165, 1.54) is 12.1 Å². The third-order valence-corrected chi connectivity index (χ3v) is 5.54. The molecule has 106 valence electrons. The Morgan fingerprint density at radius 1 is 1.40 bits per heavy atom. The van der Waals surface area contributed by atoms with Crippen molar-refractivity contribution in [1.29, 1.82) is 5.26 Å². The topological polar surface area (TPSA) is 104 Å². The molecule has 9 heteroatoms. The first-order valence-electron chi connectivity index (χ1n) is 5.37. The van der Waals surface area contributed by atoms with Crippen LogP contribution in [0.25, 0.3) is 0 Å². The second-order valence-electron chi connectivity index (χ2n) is 4.11. The van der Waals surface area contributed by atoms with Crippen LogP contribution in [-0.4, -0.2) is 28.6 Å². The maximum absolute atomic E-state index is 13.4. The highest BCUT2D eigenvalue weighted by atomic mass is 32.2. The molecule has 20 heavy (non-hydrogen) atoms. The molecule has 0 saturated carbocycles. The Kier molecular flexibility index (Phi) is 3.64. The van der Waals surface area contributed by atoms with Gasteiger partial charge in [0.1, 0.15) is 22.3 Å². The molecule has 0 spiro atoms. The van der Waals surface area contributed by atoms with Crippen molar-refractivity contribution in [3.05, 3.63) is 41.1 Å². The molecule has 0 aliphatic carbocycles. The average Bonchev–Trinajstić information content (AvgIpc) is 2.67. The number of hydrogen-bond donors (Lipinski definition) is 1. The van der Waals surface area contributed by atoms with Gasteiger partial charge in [0.25, 0.3) is 0 Å². The molecule has 1 atom stereocenters. The van der Waals surface area contributed by atoms with Crippen molar-refractivity contribution in [2.75, 3.05) is 5.75 Å². The summed E-state index contributed by atoms with van der Waals surface area (Å²) in [6, 6.07) is 3.76. The Morgan fingerprint density at radius 2 is 2.10 bits per heavy atom. The van der Waals surface area contributed by atoms with Gasteiger partial charge in [-0.25, -0.2) is 25.9 Å². The SMILES string of the molecule is N#Cc1c(F)cccc1S(=O)(=O)NC1C=CS(=O)(=O)C1. The lowest BCUT2D eigenvalue weighted by Crippen LogP contribution is -2.35. The molecule has 1 aromatic carbocycles. The Hall–Kier alpha value is -1.76. The number of nitrogens with one attached hydrogen (secondary N) is 1. The summed E-state index contributed by atoms with van der Waals surface area (Å²) in [5, 5.41) is 9.73. The van der Waals surface area contributed by atoms with Crippen molar-refractivity contribution < 1.29 is 21.2 Å². The normalized spacial score (nSPS) is 20.7. The van der Waals surface area contributed by atoms with Crippen molar-refractivity contribution in [3.63, 3.8) is 0 Å². The van der Waals surface area contributed by atoms with Crippen molar-refractivity contribution >= 4 is 19.9 Å². The van der Waals surface area contributed by atoms with Crippen LogP contribution in [0.4, 0.5) is 4.39 Å². The Morgan fingerprint density at radius 3 is 2.65 bits per heavy atom. The number of sulfone groups is 1. The minimum atomic E-state index is -4.19. The van der Waals surface area contributed by atoms with E-state index in [1.54, 1.807) is 0 Å². The summed E-state index contributed by atoms with van der Waals surface area (Å²) >= 11 is 0. The van der Waals surface area contributed by atoms with Crippen LogP contribution < -0.4 is 4.72 Å². The molecular formula is C11H9FN2O4S2. The van der Waals surface area contributed by atoms with Gasteiger partial charge in [-0.3, -0.25) is 0 Å². The summed E-state index contributed by atoms with van der Waals surface area (Å²) < 4.78 is 62.1. The molecule has 0 fully saturated rings. The molecule has 1 aliphatic rings. The lowest BCUT2D eigenvalue weighted by molar-refractivity contribution is 0.570. The van der Waals surface area contributed by atoms with Gasteiger partial charge in [-0.15, -0.1) is 0 Å². The summed E-state index contributed by atoms with van der Waals surface area (Å²) in [7, 11) is -7.61. The average molecular weight is 316 g/mol. The third-order valence-electron chi connectivity index (χ3n) is 2.61. The van der Waals surface area contributed by atoms with Gasteiger partial charge < -0.3 is 0 Å². The Bertz CT molecular complexity index is 822. The van der Waals surface area contributed by atoms with Crippen LogP contribution in [0.3, 0.4) is 0 Å². The number of halogens is 1. The van der Waals surface area contributed by atoms with Crippen LogP contribution >= 0.6 is 0 Å². The monoisotopic (exact) mass is 316 g/mol. The number of nitrogens with zero attached hydrogens (tertiary/aromatic N) is 1. The van der Waals surface area contributed by atoms with E-state index in [0.717, 1.165) is 23.6 Å². The van der Waals surface area contributed by atoms with Crippen molar-refractivity contribution in [3.8, 4) is 6.07 Å². The van der Waals surface area contributed by atoms with Crippen LogP contribution in [0.15, 0.2) is 34.6 Å². The first-order chi connectivity index (χ1) is 9.25. The zero-order valence-electron chi connectivity index (χ0n) is 9.95. The van der Waals surface area contributed by atoms with E-state index < -0.39 is 47.9 Å². The molecule has 1 heterocycles. The fourth-order valence-corrected chi connectivity index (χ4v) is 4.45. The van der Waals surface area contributed by atoms with E-state index in [4.69, 9.17) is 5.26 Å². The number of rotatable bonds is 3. The highest BCUT2D eigenvalue weighted by Gasteiger charge is 2.28. The molecule has 0 saturated heterocycles. The van der Waals surface area contributed by atoms with Gasteiger partial charge in [-0.1, -0.05) is 12.1 Å². The van der Waals surface area contributed by atoms with Gasteiger partial charge in [-0.2, -0.15) is 5.26 Å². The van der Waals surface area contributed by atoms with Gasteiger partial charge in [0, 0.05) is 5.41 Å². The highest BCUT2D eigenvalue weighted by molar-refractivity contribution is 7.94. The predicted octanol–water partition coefficient (Wildman–Crippen LogP) is 0.286. The molecule has 2 rings (SSSR count). The first kappa shape index (κ1) is 14.6. The van der Waals surface area contributed by atoms with Crippen LogP contribution in [0.5, 0.6) is 0 Å². The molecular weight excluding hydrogens is 307 g/mol. The van der Waals surface area contributed by atoms with E-state index in [0.29, 0.717) is 0 Å². The van der Waals surface area contributed by atoms with Crippen LogP contribution in [0.1, 0.15) is 5.56 Å². The highest BCUT2D eigenvalue weighted by Crippen LogP contribution is 2.19. The molecule has 0 amide bonds. The molecule has 0 aromatic heterocycles. The second-order valence-corrected chi connectivity index (χ2v) is 7.72. The van der Waals surface area contributed by atoms with E-state index >= 15 is 0 Å². The van der Waals surface area contributed by atoms with Crippen molar-refractivity contribution in [2.45, 2.75) is 10.9 Å². The van der Waals surface area contributed by atoms with Gasteiger partial charge in [0.15, 0.2) is 9.84 Å². The zero-order chi connectivity index (χ0) is 15.0. The Balaban J connectivity index is 2.36. The van der Waals surface area contributed by atoms with Crippen LogP contribution in [0, 0.1) is 17.1 Å². The molecule has 0 bridgehead atoms. The van der Waals surface area contributed by atoms with Gasteiger partial charge in [-0.05, 0) is 12.1 Å². The third kappa shape index (κ3) is 2.87. The number of hydrogen-bond acceptors (Lipinski definition) is 5. The lowest BCUT2D eigenvalue weighted by atomic mass is 10.2. The summed E-state index contributed by atoms with van der Waals surface area (Å²) in [6.45, 7) is 0. The van der Waals surface area contributed by atoms with Crippen molar-refractivity contribution in [2.24, 2.45) is 0 Å². The standard InChI is InChI=1S/C11H9FN2O4S2/c12-10-2-1-3-11(9(10)6-13)20(17,18)14-8-4-5-19(15,16)7-8/h1-5,8,14H,7H2. The van der Waals surface area contributed by atoms with Crippen LogP contribution in [-0.2, 0) is 19.9 Å². The smallest absolute Gasteiger partial charge is 0.224 e. The van der Waals surface area contributed by atoms with E-state index in [2.05, 4.69) is 4.72 Å². The van der Waals surface area contributed by atoms with Gasteiger partial charge in [0.05, 0.1) is 11.8 Å². The maximum atomic E-state index is 13.4. The lowest BCUT2D eigenvalue weighted by Gasteiger charge is -2.12. The molecule has 0 radical (unpaired) electrons. The van der Waals surface area contributed by atoms with Crippen molar-refractivity contribution in [1.82, 2.24) is 4.72 Å². The molecule has 1 N–H and O–H groups in total.